The van der Waals surface area contributed by atoms with Gasteiger partial charge in [0.05, 0.1) is 0 Å². The van der Waals surface area contributed by atoms with Crippen LogP contribution in [0.1, 0.15) is 60.8 Å². The number of nitrogens with one attached hydrogen (secondary N) is 7. The van der Waals surface area contributed by atoms with Crippen molar-refractivity contribution in [3.63, 3.8) is 0 Å². The first-order valence-electron chi connectivity index (χ1n) is 24.1. The Labute approximate surface area is 424 Å². The van der Waals surface area contributed by atoms with Crippen LogP contribution in [0.4, 0.5) is 41.9 Å². The molecule has 0 saturated carbocycles. The van der Waals surface area contributed by atoms with Crippen molar-refractivity contribution in [1.29, 1.82) is 0 Å². The normalized spacial score (nSPS) is 11.3. The van der Waals surface area contributed by atoms with E-state index in [4.69, 9.17) is 18.9 Å². The number of carbonyl (C=O) groups excluding carboxylic acids is 6. The Morgan fingerprint density at radius 1 is 0.342 bits per heavy atom. The molecular formula is C56H61N7O10. The number of rotatable bonds is 26. The van der Waals surface area contributed by atoms with E-state index in [2.05, 4.69) is 37.2 Å². The fraction of sp³-hybridized carbons (Fsp3) is 0.250. The average molecular weight is 992 g/mol. The zero-order valence-corrected chi connectivity index (χ0v) is 40.4. The van der Waals surface area contributed by atoms with Crippen LogP contribution in [0.2, 0.25) is 0 Å². The van der Waals surface area contributed by atoms with Crippen LogP contribution in [-0.4, -0.2) is 61.4 Å². The van der Waals surface area contributed by atoms with Crippen molar-refractivity contribution in [3.05, 3.63) is 192 Å². The van der Waals surface area contributed by atoms with Gasteiger partial charge in [-0.25, -0.2) is 19.2 Å². The lowest BCUT2D eigenvalue weighted by atomic mass is 10.1. The molecule has 0 bridgehead atoms. The number of hydrogen-bond donors (Lipinski definition) is 7. The van der Waals surface area contributed by atoms with Gasteiger partial charge in [0.15, 0.2) is 0 Å². The number of benzene rings is 6. The van der Waals surface area contributed by atoms with Gasteiger partial charge in [-0.15, -0.1) is 0 Å². The highest BCUT2D eigenvalue weighted by molar-refractivity contribution is 5.97. The molecule has 0 aliphatic carbocycles. The second-order valence-corrected chi connectivity index (χ2v) is 16.7. The minimum Gasteiger partial charge on any atom is -0.445 e. The van der Waals surface area contributed by atoms with Gasteiger partial charge < -0.3 is 56.2 Å². The molecule has 7 N–H and O–H groups in total. The van der Waals surface area contributed by atoms with E-state index in [1.807, 2.05) is 121 Å². The summed E-state index contributed by atoms with van der Waals surface area (Å²) >= 11 is 0. The summed E-state index contributed by atoms with van der Waals surface area (Å²) in [6.07, 6.45) is 0.0131. The predicted molar refractivity (Wildman–Crippen MR) is 277 cm³/mol. The van der Waals surface area contributed by atoms with Crippen molar-refractivity contribution >= 4 is 58.9 Å². The van der Waals surface area contributed by atoms with Gasteiger partial charge in [0, 0.05) is 35.8 Å². The fourth-order valence-electron chi connectivity index (χ4n) is 7.13. The number of unbranched alkanes of at least 4 members (excludes halogenated alkanes) is 2. The van der Waals surface area contributed by atoms with E-state index in [0.29, 0.717) is 61.5 Å². The largest absolute Gasteiger partial charge is 0.445 e. The maximum absolute atomic E-state index is 13.6. The minimum atomic E-state index is -0.935. The van der Waals surface area contributed by atoms with Gasteiger partial charge in [-0.3, -0.25) is 9.59 Å². The van der Waals surface area contributed by atoms with Crippen molar-refractivity contribution in [3.8, 4) is 0 Å². The summed E-state index contributed by atoms with van der Waals surface area (Å²) in [7, 11) is 0. The van der Waals surface area contributed by atoms with Crippen molar-refractivity contribution in [2.75, 3.05) is 29.0 Å². The smallest absolute Gasteiger partial charge is 0.408 e. The third kappa shape index (κ3) is 20.6. The van der Waals surface area contributed by atoms with E-state index in [1.54, 1.807) is 48.5 Å². The lowest BCUT2D eigenvalue weighted by Crippen LogP contribution is -2.44. The van der Waals surface area contributed by atoms with E-state index in [1.165, 1.54) is 0 Å². The first-order chi connectivity index (χ1) is 35.6. The topological polar surface area (TPSA) is 224 Å². The maximum atomic E-state index is 13.6. The van der Waals surface area contributed by atoms with Crippen molar-refractivity contribution in [2.24, 2.45) is 0 Å². The van der Waals surface area contributed by atoms with Gasteiger partial charge in [0.2, 0.25) is 11.8 Å². The molecule has 2 unspecified atom stereocenters. The number of ether oxygens (including phenoxy) is 4. The Bertz CT molecular complexity index is 2450. The SMILES string of the molecule is O=C(NCCCCC(NC(=O)OCc1ccccc1)C(=O)Nc1ccc(Nc2ccc(NC(=O)C(CCCCNC(=O)OCc3ccccc3)NC(=O)OCc3ccccc3)cc2)cc1)OCc1ccccc1. The van der Waals surface area contributed by atoms with E-state index in [-0.39, 0.29) is 39.3 Å². The Balaban J connectivity index is 0.968. The van der Waals surface area contributed by atoms with Gasteiger partial charge in [-0.2, -0.15) is 0 Å². The first-order valence-corrected chi connectivity index (χ1v) is 24.1. The molecule has 0 fully saturated rings. The second kappa shape index (κ2) is 30.0. The Kier molecular flexibility index (Phi) is 22.0. The van der Waals surface area contributed by atoms with E-state index in [0.717, 1.165) is 22.3 Å². The lowest BCUT2D eigenvalue weighted by Gasteiger charge is -2.19. The molecule has 6 aromatic carbocycles. The van der Waals surface area contributed by atoms with Crippen molar-refractivity contribution in [2.45, 2.75) is 77.0 Å². The standard InChI is InChI=1S/C56H61N7O10/c64-51(49(62-55(68)72-39-43-21-9-3-10-22-43)25-13-15-35-57-53(66)70-37-41-17-5-1-6-18-41)60-47-31-27-45(28-32-47)59-46-29-33-48(34-30-46)61-52(65)50(63-56(69)73-40-44-23-11-4-12-24-44)26-14-16-36-58-54(67)71-38-42-19-7-2-8-20-42/h1-12,17-24,27-34,49-50,59H,13-16,25-26,35-40H2,(H,57,66)(H,58,67)(H,60,64)(H,61,65)(H,62,68)(H,63,69). The van der Waals surface area contributed by atoms with Gasteiger partial charge in [-0.05, 0) is 109 Å². The van der Waals surface area contributed by atoms with Crippen LogP contribution in [0.3, 0.4) is 0 Å². The van der Waals surface area contributed by atoms with Crippen LogP contribution in [0, 0.1) is 0 Å². The van der Waals surface area contributed by atoms with Crippen LogP contribution < -0.4 is 37.2 Å². The summed E-state index contributed by atoms with van der Waals surface area (Å²) in [6, 6.07) is 49.2. The summed E-state index contributed by atoms with van der Waals surface area (Å²) in [6.45, 7) is 0.992. The summed E-state index contributed by atoms with van der Waals surface area (Å²) in [5, 5.41) is 19.9. The molecule has 0 heterocycles. The summed E-state index contributed by atoms with van der Waals surface area (Å²) in [5.41, 5.74) is 5.74. The van der Waals surface area contributed by atoms with Crippen LogP contribution in [-0.2, 0) is 55.0 Å². The molecule has 380 valence electrons. The molecule has 6 aromatic rings. The molecule has 0 saturated heterocycles. The van der Waals surface area contributed by atoms with Gasteiger partial charge >= 0.3 is 24.4 Å². The molecule has 2 atom stereocenters. The molecule has 6 rings (SSSR count). The summed E-state index contributed by atoms with van der Waals surface area (Å²) in [5.74, 6) is -0.888. The van der Waals surface area contributed by atoms with Crippen LogP contribution in [0.5, 0.6) is 0 Å². The average Bonchev–Trinajstić information content (AvgIpc) is 3.42. The van der Waals surface area contributed by atoms with E-state index >= 15 is 0 Å². The molecule has 0 aliphatic heterocycles. The highest BCUT2D eigenvalue weighted by atomic mass is 16.6. The quantitative estimate of drug-likeness (QED) is 0.0200. The predicted octanol–water partition coefficient (Wildman–Crippen LogP) is 10.1. The molecule has 0 aliphatic rings. The van der Waals surface area contributed by atoms with E-state index < -0.39 is 48.3 Å². The number of hydrogen-bond acceptors (Lipinski definition) is 11. The van der Waals surface area contributed by atoms with Crippen molar-refractivity contribution < 1.29 is 47.7 Å². The number of amides is 6. The summed E-state index contributed by atoms with van der Waals surface area (Å²) in [4.78, 5) is 77.2. The molecule has 6 amide bonds. The third-order valence-corrected chi connectivity index (χ3v) is 11.0. The molecule has 0 aromatic heterocycles. The minimum absolute atomic E-state index is 0.0332. The number of anilines is 4. The van der Waals surface area contributed by atoms with E-state index in [9.17, 15) is 28.8 Å². The Hall–Kier alpha value is -8.86. The Morgan fingerprint density at radius 2 is 0.630 bits per heavy atom. The second-order valence-electron chi connectivity index (χ2n) is 16.7. The first kappa shape index (κ1) is 53.5. The lowest BCUT2D eigenvalue weighted by molar-refractivity contribution is -0.119. The van der Waals surface area contributed by atoms with Crippen LogP contribution in [0.15, 0.2) is 170 Å². The van der Waals surface area contributed by atoms with Crippen LogP contribution >= 0.6 is 0 Å². The zero-order valence-electron chi connectivity index (χ0n) is 40.4. The van der Waals surface area contributed by atoms with Gasteiger partial charge in [0.1, 0.15) is 38.5 Å². The Morgan fingerprint density at radius 3 is 0.945 bits per heavy atom. The monoisotopic (exact) mass is 991 g/mol. The fourth-order valence-corrected chi connectivity index (χ4v) is 7.13. The molecule has 17 heteroatoms. The molecule has 0 radical (unpaired) electrons. The van der Waals surface area contributed by atoms with Crippen LogP contribution in [0.25, 0.3) is 0 Å². The maximum Gasteiger partial charge on any atom is 0.408 e. The van der Waals surface area contributed by atoms with Crippen molar-refractivity contribution in [1.82, 2.24) is 21.3 Å². The zero-order chi connectivity index (χ0) is 51.3. The summed E-state index contributed by atoms with van der Waals surface area (Å²) < 4.78 is 21.3. The molecular weight excluding hydrogens is 931 g/mol. The van der Waals surface area contributed by atoms with Gasteiger partial charge in [0.25, 0.3) is 0 Å². The number of alkyl carbamates (subject to hydrolysis) is 4. The highest BCUT2D eigenvalue weighted by Crippen LogP contribution is 2.22. The molecule has 73 heavy (non-hydrogen) atoms. The number of carbonyl (C=O) groups is 6. The third-order valence-electron chi connectivity index (χ3n) is 11.0. The molecule has 0 spiro atoms. The highest BCUT2D eigenvalue weighted by Gasteiger charge is 2.23. The van der Waals surface area contributed by atoms with Gasteiger partial charge in [-0.1, -0.05) is 121 Å². The molecule has 17 nitrogen and oxygen atoms in total.